The Kier molecular flexibility index (Phi) is 5.52. The standard InChI is InChI=1S/C19H28N2O3/c1-12(2)10-16(18(23)24-19(3,4)5)21-17(22)15-11-13-8-6-7-9-14(13)20-15/h6-9,12,15-16,20H,10-11H2,1-5H3,(H,21,22)/t15-,16+/m1/s1. The smallest absolute Gasteiger partial charge is 0.329 e. The molecule has 0 bridgehead atoms. The predicted molar refractivity (Wildman–Crippen MR) is 94.8 cm³/mol. The van der Waals surface area contributed by atoms with Gasteiger partial charge in [-0.05, 0) is 44.7 Å². The molecule has 0 saturated carbocycles. The van der Waals surface area contributed by atoms with Crippen molar-refractivity contribution in [1.29, 1.82) is 0 Å². The van der Waals surface area contributed by atoms with Crippen molar-refractivity contribution in [3.63, 3.8) is 0 Å². The summed E-state index contributed by atoms with van der Waals surface area (Å²) in [5, 5.41) is 6.09. The van der Waals surface area contributed by atoms with Gasteiger partial charge in [-0.1, -0.05) is 32.0 Å². The zero-order chi connectivity index (χ0) is 17.9. The Morgan fingerprint density at radius 3 is 2.54 bits per heavy atom. The van der Waals surface area contributed by atoms with E-state index < -0.39 is 11.6 Å². The lowest BCUT2D eigenvalue weighted by Gasteiger charge is -2.26. The lowest BCUT2D eigenvalue weighted by atomic mass is 10.0. The zero-order valence-corrected chi connectivity index (χ0v) is 15.2. The molecule has 1 aromatic carbocycles. The van der Waals surface area contributed by atoms with E-state index in [0.717, 1.165) is 11.3 Å². The third-order valence-corrected chi connectivity index (χ3v) is 3.80. The van der Waals surface area contributed by atoms with Gasteiger partial charge in [0, 0.05) is 12.1 Å². The number of nitrogens with one attached hydrogen (secondary N) is 2. The van der Waals surface area contributed by atoms with E-state index in [-0.39, 0.29) is 23.8 Å². The Labute approximate surface area is 144 Å². The maximum atomic E-state index is 12.6. The molecule has 132 valence electrons. The molecule has 1 aliphatic rings. The number of benzene rings is 1. The van der Waals surface area contributed by atoms with Crippen LogP contribution in [0.15, 0.2) is 24.3 Å². The summed E-state index contributed by atoms with van der Waals surface area (Å²) in [7, 11) is 0. The average Bonchev–Trinajstić information content (AvgIpc) is 2.88. The third-order valence-electron chi connectivity index (χ3n) is 3.80. The number of hydrogen-bond acceptors (Lipinski definition) is 4. The maximum absolute atomic E-state index is 12.6. The van der Waals surface area contributed by atoms with Crippen molar-refractivity contribution < 1.29 is 14.3 Å². The first-order chi connectivity index (χ1) is 11.2. The molecule has 1 heterocycles. The van der Waals surface area contributed by atoms with Gasteiger partial charge in [-0.2, -0.15) is 0 Å². The summed E-state index contributed by atoms with van der Waals surface area (Å²) in [6.45, 7) is 9.53. The fraction of sp³-hybridized carbons (Fsp3) is 0.579. The minimum absolute atomic E-state index is 0.164. The molecule has 0 aliphatic carbocycles. The first-order valence-corrected chi connectivity index (χ1v) is 8.53. The molecular formula is C19H28N2O3. The van der Waals surface area contributed by atoms with Gasteiger partial charge in [0.05, 0.1) is 0 Å². The molecule has 0 unspecified atom stereocenters. The van der Waals surface area contributed by atoms with Gasteiger partial charge in [-0.15, -0.1) is 0 Å². The number of para-hydroxylation sites is 1. The van der Waals surface area contributed by atoms with Crippen molar-refractivity contribution in [2.24, 2.45) is 5.92 Å². The lowest BCUT2D eigenvalue weighted by Crippen LogP contribution is -2.49. The maximum Gasteiger partial charge on any atom is 0.329 e. The van der Waals surface area contributed by atoms with Crippen molar-refractivity contribution in [2.75, 3.05) is 5.32 Å². The molecule has 0 spiro atoms. The number of ether oxygens (including phenoxy) is 1. The van der Waals surface area contributed by atoms with Gasteiger partial charge in [0.25, 0.3) is 0 Å². The van der Waals surface area contributed by atoms with E-state index in [1.165, 1.54) is 0 Å². The summed E-state index contributed by atoms with van der Waals surface area (Å²) >= 11 is 0. The van der Waals surface area contributed by atoms with Crippen molar-refractivity contribution in [3.05, 3.63) is 29.8 Å². The average molecular weight is 332 g/mol. The highest BCUT2D eigenvalue weighted by atomic mass is 16.6. The van der Waals surface area contributed by atoms with E-state index in [9.17, 15) is 9.59 Å². The number of hydrogen-bond donors (Lipinski definition) is 2. The highest BCUT2D eigenvalue weighted by Crippen LogP contribution is 2.25. The number of fused-ring (bicyclic) bond motifs is 1. The van der Waals surface area contributed by atoms with Crippen LogP contribution < -0.4 is 10.6 Å². The Bertz CT molecular complexity index is 580. The molecule has 2 rings (SSSR count). The van der Waals surface area contributed by atoms with Crippen molar-refractivity contribution >= 4 is 17.6 Å². The Balaban J connectivity index is 2.01. The molecule has 1 amide bonds. The number of amides is 1. The summed E-state index contributed by atoms with van der Waals surface area (Å²) in [5.41, 5.74) is 1.53. The molecule has 2 N–H and O–H groups in total. The van der Waals surface area contributed by atoms with Gasteiger partial charge >= 0.3 is 5.97 Å². The first-order valence-electron chi connectivity index (χ1n) is 8.53. The van der Waals surface area contributed by atoms with Crippen LogP contribution in [0.25, 0.3) is 0 Å². The van der Waals surface area contributed by atoms with Crippen LogP contribution in [0.3, 0.4) is 0 Å². The van der Waals surface area contributed by atoms with E-state index in [1.807, 2.05) is 58.9 Å². The Morgan fingerprint density at radius 1 is 1.29 bits per heavy atom. The van der Waals surface area contributed by atoms with Gasteiger partial charge < -0.3 is 15.4 Å². The number of rotatable bonds is 5. The third kappa shape index (κ3) is 4.98. The highest BCUT2D eigenvalue weighted by molar-refractivity contribution is 5.91. The second kappa shape index (κ2) is 7.24. The van der Waals surface area contributed by atoms with Crippen molar-refractivity contribution in [2.45, 2.75) is 65.1 Å². The van der Waals surface area contributed by atoms with E-state index in [2.05, 4.69) is 10.6 Å². The molecular weight excluding hydrogens is 304 g/mol. The SMILES string of the molecule is CC(C)C[C@H](NC(=O)[C@H]1Cc2ccccc2N1)C(=O)OC(C)(C)C. The molecule has 1 aliphatic heterocycles. The predicted octanol–water partition coefficient (Wildman–Crippen LogP) is 2.90. The monoisotopic (exact) mass is 332 g/mol. The summed E-state index contributed by atoms with van der Waals surface area (Å²) in [5.74, 6) is -0.265. The normalized spacial score (nSPS) is 17.8. The summed E-state index contributed by atoms with van der Waals surface area (Å²) < 4.78 is 5.45. The summed E-state index contributed by atoms with van der Waals surface area (Å²) in [6, 6.07) is 6.90. The second-order valence-electron chi connectivity index (χ2n) is 7.78. The minimum atomic E-state index is -0.623. The van der Waals surface area contributed by atoms with Crippen LogP contribution in [-0.4, -0.2) is 29.6 Å². The van der Waals surface area contributed by atoms with Crippen LogP contribution in [0.5, 0.6) is 0 Å². The fourth-order valence-electron chi connectivity index (χ4n) is 2.79. The van der Waals surface area contributed by atoms with E-state index in [0.29, 0.717) is 12.8 Å². The van der Waals surface area contributed by atoms with Crippen LogP contribution >= 0.6 is 0 Å². The van der Waals surface area contributed by atoms with Crippen LogP contribution in [0, 0.1) is 5.92 Å². The molecule has 2 atom stereocenters. The molecule has 0 aromatic heterocycles. The molecule has 0 fully saturated rings. The van der Waals surface area contributed by atoms with Crippen LogP contribution in [0.1, 0.15) is 46.6 Å². The lowest BCUT2D eigenvalue weighted by molar-refractivity contribution is -0.159. The number of esters is 1. The summed E-state index contributed by atoms with van der Waals surface area (Å²) in [4.78, 5) is 25.0. The van der Waals surface area contributed by atoms with Crippen LogP contribution in [-0.2, 0) is 20.7 Å². The van der Waals surface area contributed by atoms with Crippen molar-refractivity contribution in [3.8, 4) is 0 Å². The van der Waals surface area contributed by atoms with Gasteiger partial charge in [-0.3, -0.25) is 4.79 Å². The Morgan fingerprint density at radius 2 is 1.96 bits per heavy atom. The van der Waals surface area contributed by atoms with Gasteiger partial charge in [0.1, 0.15) is 17.7 Å². The second-order valence-corrected chi connectivity index (χ2v) is 7.78. The number of carbonyl (C=O) groups is 2. The van der Waals surface area contributed by atoms with Crippen LogP contribution in [0.4, 0.5) is 5.69 Å². The van der Waals surface area contributed by atoms with Gasteiger partial charge in [0.2, 0.25) is 5.91 Å². The zero-order valence-electron chi connectivity index (χ0n) is 15.2. The van der Waals surface area contributed by atoms with E-state index >= 15 is 0 Å². The quantitative estimate of drug-likeness (QED) is 0.814. The summed E-state index contributed by atoms with van der Waals surface area (Å²) in [6.07, 6.45) is 1.19. The molecule has 0 saturated heterocycles. The van der Waals surface area contributed by atoms with E-state index in [1.54, 1.807) is 0 Å². The number of carbonyl (C=O) groups excluding carboxylic acids is 2. The molecule has 1 aromatic rings. The highest BCUT2D eigenvalue weighted by Gasteiger charge is 2.32. The van der Waals surface area contributed by atoms with Gasteiger partial charge in [-0.25, -0.2) is 4.79 Å². The first kappa shape index (κ1) is 18.3. The molecule has 5 heteroatoms. The van der Waals surface area contributed by atoms with E-state index in [4.69, 9.17) is 4.74 Å². The minimum Gasteiger partial charge on any atom is -0.458 e. The molecule has 5 nitrogen and oxygen atoms in total. The molecule has 24 heavy (non-hydrogen) atoms. The number of anilines is 1. The van der Waals surface area contributed by atoms with Crippen LogP contribution in [0.2, 0.25) is 0 Å². The van der Waals surface area contributed by atoms with Gasteiger partial charge in [0.15, 0.2) is 0 Å². The molecule has 0 radical (unpaired) electrons. The Hall–Kier alpha value is -2.04. The topological polar surface area (TPSA) is 67.4 Å². The van der Waals surface area contributed by atoms with Crippen molar-refractivity contribution in [1.82, 2.24) is 5.32 Å². The fourth-order valence-corrected chi connectivity index (χ4v) is 2.79. The largest absolute Gasteiger partial charge is 0.458 e.